The number of nitrogens with two attached hydrogens (primary N) is 1. The van der Waals surface area contributed by atoms with Crippen LogP contribution in [0.15, 0.2) is 23.1 Å². The van der Waals surface area contributed by atoms with E-state index in [9.17, 15) is 8.42 Å². The molecule has 0 amide bonds. The highest BCUT2D eigenvalue weighted by Gasteiger charge is 2.27. The summed E-state index contributed by atoms with van der Waals surface area (Å²) in [6, 6.07) is 5.27. The van der Waals surface area contributed by atoms with E-state index in [-0.39, 0.29) is 4.90 Å². The number of anilines is 2. The maximum absolute atomic E-state index is 12.3. The zero-order chi connectivity index (χ0) is 15.6. The first kappa shape index (κ1) is 16.1. The van der Waals surface area contributed by atoms with Crippen LogP contribution in [0.25, 0.3) is 0 Å². The highest BCUT2D eigenvalue weighted by molar-refractivity contribution is 7.89. The standard InChI is InChI=1S/C15H25N3O2S/c1-4-6-12-9-10-18(11-12)13-7-5-8-14(15(13)16)21(19,20)17(2)3/h5,7-8,12H,4,6,9-11,16H2,1-3H3. The molecule has 118 valence electrons. The molecule has 2 N–H and O–H groups in total. The van der Waals surface area contributed by atoms with E-state index in [1.807, 2.05) is 6.07 Å². The van der Waals surface area contributed by atoms with Crippen molar-refractivity contribution in [2.45, 2.75) is 31.1 Å². The Kier molecular flexibility index (Phi) is 4.78. The number of hydrogen-bond acceptors (Lipinski definition) is 4. The molecular weight excluding hydrogens is 286 g/mol. The third-order valence-electron chi connectivity index (χ3n) is 4.13. The van der Waals surface area contributed by atoms with Gasteiger partial charge in [0.25, 0.3) is 0 Å². The molecule has 0 spiro atoms. The lowest BCUT2D eigenvalue weighted by Gasteiger charge is -2.23. The molecule has 1 aliphatic heterocycles. The van der Waals surface area contributed by atoms with Crippen LogP contribution < -0.4 is 10.6 Å². The summed E-state index contributed by atoms with van der Waals surface area (Å²) in [5, 5.41) is 0. The Hall–Kier alpha value is -1.27. The maximum Gasteiger partial charge on any atom is 0.244 e. The van der Waals surface area contributed by atoms with Gasteiger partial charge >= 0.3 is 0 Å². The van der Waals surface area contributed by atoms with Crippen LogP contribution in [0.3, 0.4) is 0 Å². The number of sulfonamides is 1. The van der Waals surface area contributed by atoms with Crippen molar-refractivity contribution < 1.29 is 8.42 Å². The van der Waals surface area contributed by atoms with E-state index in [0.29, 0.717) is 11.6 Å². The van der Waals surface area contributed by atoms with Gasteiger partial charge in [-0.25, -0.2) is 12.7 Å². The molecule has 1 aliphatic rings. The molecule has 6 heteroatoms. The fraction of sp³-hybridized carbons (Fsp3) is 0.600. The summed E-state index contributed by atoms with van der Waals surface area (Å²) >= 11 is 0. The summed E-state index contributed by atoms with van der Waals surface area (Å²) in [4.78, 5) is 2.41. The van der Waals surface area contributed by atoms with Crippen LogP contribution in [0.5, 0.6) is 0 Å². The number of nitrogen functional groups attached to an aromatic ring is 1. The van der Waals surface area contributed by atoms with Crippen molar-refractivity contribution in [3.8, 4) is 0 Å². The number of rotatable bonds is 5. The minimum Gasteiger partial charge on any atom is -0.396 e. The lowest BCUT2D eigenvalue weighted by Crippen LogP contribution is -2.25. The molecule has 1 heterocycles. The molecule has 0 aromatic heterocycles. The van der Waals surface area contributed by atoms with Gasteiger partial charge in [-0.05, 0) is 30.9 Å². The van der Waals surface area contributed by atoms with Gasteiger partial charge < -0.3 is 10.6 Å². The van der Waals surface area contributed by atoms with Gasteiger partial charge in [0.1, 0.15) is 4.90 Å². The number of benzene rings is 1. The first-order valence-electron chi connectivity index (χ1n) is 7.44. The van der Waals surface area contributed by atoms with Crippen molar-refractivity contribution in [3.05, 3.63) is 18.2 Å². The Morgan fingerprint density at radius 1 is 1.38 bits per heavy atom. The predicted molar refractivity (Wildman–Crippen MR) is 87.0 cm³/mol. The third kappa shape index (κ3) is 3.16. The Balaban J connectivity index is 2.32. The van der Waals surface area contributed by atoms with Crippen molar-refractivity contribution >= 4 is 21.4 Å². The second-order valence-electron chi connectivity index (χ2n) is 5.87. The van der Waals surface area contributed by atoms with E-state index >= 15 is 0 Å². The minimum absolute atomic E-state index is 0.198. The number of hydrogen-bond donors (Lipinski definition) is 1. The molecule has 2 rings (SSSR count). The van der Waals surface area contributed by atoms with Crippen molar-refractivity contribution in [2.75, 3.05) is 37.8 Å². The molecule has 1 saturated heterocycles. The highest BCUT2D eigenvalue weighted by atomic mass is 32.2. The van der Waals surface area contributed by atoms with Crippen LogP contribution in [-0.4, -0.2) is 39.9 Å². The Bertz CT molecular complexity index is 599. The zero-order valence-corrected chi connectivity index (χ0v) is 13.9. The summed E-state index contributed by atoms with van der Waals surface area (Å²) in [6.07, 6.45) is 3.55. The molecule has 0 radical (unpaired) electrons. The minimum atomic E-state index is -3.50. The van der Waals surface area contributed by atoms with Crippen molar-refractivity contribution in [2.24, 2.45) is 5.92 Å². The Morgan fingerprint density at radius 3 is 2.71 bits per heavy atom. The average Bonchev–Trinajstić information content (AvgIpc) is 2.87. The molecule has 1 aromatic carbocycles. The van der Waals surface area contributed by atoms with Crippen LogP contribution in [0.4, 0.5) is 11.4 Å². The Labute approximate surface area is 127 Å². The molecule has 1 atom stereocenters. The van der Waals surface area contributed by atoms with Gasteiger partial charge in [0, 0.05) is 27.2 Å². The van der Waals surface area contributed by atoms with E-state index in [2.05, 4.69) is 11.8 Å². The first-order valence-corrected chi connectivity index (χ1v) is 8.88. The van der Waals surface area contributed by atoms with E-state index < -0.39 is 10.0 Å². The molecule has 1 fully saturated rings. The smallest absolute Gasteiger partial charge is 0.244 e. The average molecular weight is 311 g/mol. The first-order chi connectivity index (χ1) is 9.87. The fourth-order valence-corrected chi connectivity index (χ4v) is 3.95. The van der Waals surface area contributed by atoms with Gasteiger partial charge in [-0.2, -0.15) is 0 Å². The summed E-state index contributed by atoms with van der Waals surface area (Å²) in [7, 11) is -0.457. The SMILES string of the molecule is CCCC1CCN(c2cccc(S(=O)(=O)N(C)C)c2N)C1. The molecule has 0 saturated carbocycles. The van der Waals surface area contributed by atoms with Crippen LogP contribution in [-0.2, 0) is 10.0 Å². The van der Waals surface area contributed by atoms with Crippen molar-refractivity contribution in [1.82, 2.24) is 4.31 Å². The third-order valence-corrected chi connectivity index (χ3v) is 6.00. The van der Waals surface area contributed by atoms with Crippen LogP contribution in [0.2, 0.25) is 0 Å². The van der Waals surface area contributed by atoms with Gasteiger partial charge in [0.15, 0.2) is 0 Å². The van der Waals surface area contributed by atoms with E-state index in [0.717, 1.165) is 25.2 Å². The molecule has 21 heavy (non-hydrogen) atoms. The lowest BCUT2D eigenvalue weighted by molar-refractivity contribution is 0.521. The van der Waals surface area contributed by atoms with E-state index in [4.69, 9.17) is 5.73 Å². The Morgan fingerprint density at radius 2 is 2.10 bits per heavy atom. The van der Waals surface area contributed by atoms with E-state index in [1.165, 1.54) is 31.2 Å². The molecule has 1 unspecified atom stereocenters. The lowest BCUT2D eigenvalue weighted by atomic mass is 10.0. The van der Waals surface area contributed by atoms with Gasteiger partial charge in [-0.15, -0.1) is 0 Å². The van der Waals surface area contributed by atoms with Gasteiger partial charge in [0.2, 0.25) is 10.0 Å². The van der Waals surface area contributed by atoms with Gasteiger partial charge in [-0.1, -0.05) is 19.4 Å². The number of nitrogens with zero attached hydrogens (tertiary/aromatic N) is 2. The molecular formula is C15H25N3O2S. The predicted octanol–water partition coefficient (Wildman–Crippen LogP) is 2.15. The largest absolute Gasteiger partial charge is 0.396 e. The topological polar surface area (TPSA) is 66.6 Å². The molecule has 1 aromatic rings. The summed E-state index contributed by atoms with van der Waals surface area (Å²) in [5.74, 6) is 0.684. The van der Waals surface area contributed by atoms with E-state index in [1.54, 1.807) is 12.1 Å². The quantitative estimate of drug-likeness (QED) is 0.846. The second-order valence-corrected chi connectivity index (χ2v) is 7.99. The van der Waals surface area contributed by atoms with Crippen molar-refractivity contribution in [3.63, 3.8) is 0 Å². The normalized spacial score (nSPS) is 19.4. The highest BCUT2D eigenvalue weighted by Crippen LogP contribution is 2.34. The van der Waals surface area contributed by atoms with Gasteiger partial charge in [-0.3, -0.25) is 0 Å². The van der Waals surface area contributed by atoms with Crippen molar-refractivity contribution in [1.29, 1.82) is 0 Å². The monoisotopic (exact) mass is 311 g/mol. The molecule has 0 aliphatic carbocycles. The molecule has 0 bridgehead atoms. The second kappa shape index (κ2) is 6.23. The molecule has 5 nitrogen and oxygen atoms in total. The summed E-state index contributed by atoms with van der Waals surface area (Å²) in [6.45, 7) is 4.10. The summed E-state index contributed by atoms with van der Waals surface area (Å²) in [5.41, 5.74) is 7.37. The number of para-hydroxylation sites is 1. The summed E-state index contributed by atoms with van der Waals surface area (Å²) < 4.78 is 25.8. The zero-order valence-electron chi connectivity index (χ0n) is 13.0. The maximum atomic E-state index is 12.3. The fourth-order valence-electron chi connectivity index (χ4n) is 2.93. The van der Waals surface area contributed by atoms with Crippen LogP contribution in [0.1, 0.15) is 26.2 Å². The van der Waals surface area contributed by atoms with Crippen LogP contribution >= 0.6 is 0 Å². The van der Waals surface area contributed by atoms with Crippen LogP contribution in [0, 0.1) is 5.92 Å². The van der Waals surface area contributed by atoms with Gasteiger partial charge in [0.05, 0.1) is 11.4 Å².